The standard InChI is InChI=1S/C21H23N3O2/c25-20(16-10-11-16)23-12-14-24(15-13-23)21(26)18-8-4-5-9-19(18)22-17-6-2-1-3-7-17/h1-9,16,22H,10-15H2. The number of para-hydroxylation sites is 2. The average Bonchev–Trinajstić information content (AvgIpc) is 3.54. The van der Waals surface area contributed by atoms with Crippen molar-refractivity contribution in [3.8, 4) is 0 Å². The topological polar surface area (TPSA) is 52.7 Å². The summed E-state index contributed by atoms with van der Waals surface area (Å²) in [6.45, 7) is 2.46. The van der Waals surface area contributed by atoms with Crippen molar-refractivity contribution in [2.75, 3.05) is 31.5 Å². The van der Waals surface area contributed by atoms with E-state index in [1.807, 2.05) is 64.4 Å². The van der Waals surface area contributed by atoms with Crippen LogP contribution in [0, 0.1) is 5.92 Å². The van der Waals surface area contributed by atoms with Gasteiger partial charge in [0.2, 0.25) is 5.91 Å². The quantitative estimate of drug-likeness (QED) is 0.923. The lowest BCUT2D eigenvalue weighted by Crippen LogP contribution is -2.51. The van der Waals surface area contributed by atoms with E-state index in [1.54, 1.807) is 0 Å². The van der Waals surface area contributed by atoms with E-state index in [9.17, 15) is 9.59 Å². The predicted octanol–water partition coefficient (Wildman–Crippen LogP) is 3.12. The smallest absolute Gasteiger partial charge is 0.256 e. The van der Waals surface area contributed by atoms with Crippen molar-refractivity contribution in [3.63, 3.8) is 0 Å². The monoisotopic (exact) mass is 349 g/mol. The summed E-state index contributed by atoms with van der Waals surface area (Å²) in [5, 5.41) is 3.33. The van der Waals surface area contributed by atoms with E-state index in [1.165, 1.54) is 0 Å². The molecule has 1 heterocycles. The Morgan fingerprint density at radius 1 is 0.808 bits per heavy atom. The molecule has 0 atom stereocenters. The summed E-state index contributed by atoms with van der Waals surface area (Å²) in [6, 6.07) is 17.4. The van der Waals surface area contributed by atoms with Crippen LogP contribution in [-0.2, 0) is 4.79 Å². The van der Waals surface area contributed by atoms with Crippen LogP contribution >= 0.6 is 0 Å². The number of hydrogen-bond acceptors (Lipinski definition) is 3. The van der Waals surface area contributed by atoms with Gasteiger partial charge in [-0.05, 0) is 37.1 Å². The van der Waals surface area contributed by atoms with Crippen molar-refractivity contribution >= 4 is 23.2 Å². The fraction of sp³-hybridized carbons (Fsp3) is 0.333. The fourth-order valence-electron chi connectivity index (χ4n) is 3.34. The molecule has 1 aliphatic carbocycles. The molecular weight excluding hydrogens is 326 g/mol. The minimum Gasteiger partial charge on any atom is -0.355 e. The second-order valence-corrected chi connectivity index (χ2v) is 6.93. The molecule has 2 aromatic rings. The van der Waals surface area contributed by atoms with Crippen LogP contribution in [0.25, 0.3) is 0 Å². The van der Waals surface area contributed by atoms with Crippen LogP contribution in [0.15, 0.2) is 54.6 Å². The van der Waals surface area contributed by atoms with Gasteiger partial charge in [-0.15, -0.1) is 0 Å². The lowest BCUT2D eigenvalue weighted by atomic mass is 10.1. The lowest BCUT2D eigenvalue weighted by molar-refractivity contribution is -0.134. The zero-order chi connectivity index (χ0) is 17.9. The maximum atomic E-state index is 13.0. The highest BCUT2D eigenvalue weighted by atomic mass is 16.2. The lowest BCUT2D eigenvalue weighted by Gasteiger charge is -2.35. The second kappa shape index (κ2) is 7.20. The number of carbonyl (C=O) groups excluding carboxylic acids is 2. The van der Waals surface area contributed by atoms with Gasteiger partial charge in [0.15, 0.2) is 0 Å². The van der Waals surface area contributed by atoms with Gasteiger partial charge in [-0.25, -0.2) is 0 Å². The summed E-state index contributed by atoms with van der Waals surface area (Å²) < 4.78 is 0. The highest BCUT2D eigenvalue weighted by Crippen LogP contribution is 2.31. The van der Waals surface area contributed by atoms with E-state index < -0.39 is 0 Å². The largest absolute Gasteiger partial charge is 0.355 e. The summed E-state index contributed by atoms with van der Waals surface area (Å²) in [5.41, 5.74) is 2.42. The molecule has 2 aliphatic rings. The molecule has 2 fully saturated rings. The van der Waals surface area contributed by atoms with Crippen LogP contribution in [0.3, 0.4) is 0 Å². The number of hydrogen-bond donors (Lipinski definition) is 1. The van der Waals surface area contributed by atoms with Crippen molar-refractivity contribution in [3.05, 3.63) is 60.2 Å². The second-order valence-electron chi connectivity index (χ2n) is 6.93. The van der Waals surface area contributed by atoms with Gasteiger partial charge in [0.05, 0.1) is 11.3 Å². The summed E-state index contributed by atoms with van der Waals surface area (Å²) in [6.07, 6.45) is 2.05. The summed E-state index contributed by atoms with van der Waals surface area (Å²) >= 11 is 0. The zero-order valence-corrected chi connectivity index (χ0v) is 14.7. The van der Waals surface area contributed by atoms with Crippen LogP contribution in [0.5, 0.6) is 0 Å². The minimum absolute atomic E-state index is 0.0163. The first-order chi connectivity index (χ1) is 12.7. The highest BCUT2D eigenvalue weighted by Gasteiger charge is 2.35. The molecule has 0 radical (unpaired) electrons. The maximum Gasteiger partial charge on any atom is 0.256 e. The number of amides is 2. The van der Waals surface area contributed by atoms with Crippen LogP contribution < -0.4 is 5.32 Å². The molecule has 26 heavy (non-hydrogen) atoms. The van der Waals surface area contributed by atoms with Crippen molar-refractivity contribution in [1.82, 2.24) is 9.80 Å². The number of carbonyl (C=O) groups is 2. The van der Waals surface area contributed by atoms with Crippen molar-refractivity contribution in [1.29, 1.82) is 0 Å². The third-order valence-electron chi connectivity index (χ3n) is 5.02. The minimum atomic E-state index is 0.0163. The van der Waals surface area contributed by atoms with Gasteiger partial charge in [-0.3, -0.25) is 9.59 Å². The maximum absolute atomic E-state index is 13.0. The molecule has 2 aromatic carbocycles. The first-order valence-electron chi connectivity index (χ1n) is 9.21. The highest BCUT2D eigenvalue weighted by molar-refractivity contribution is 6.00. The molecule has 0 spiro atoms. The van der Waals surface area contributed by atoms with Crippen molar-refractivity contribution < 1.29 is 9.59 Å². The Labute approximate surface area is 153 Å². The van der Waals surface area contributed by atoms with Gasteiger partial charge in [0.1, 0.15) is 0 Å². The van der Waals surface area contributed by atoms with Gasteiger partial charge in [0, 0.05) is 37.8 Å². The van der Waals surface area contributed by atoms with Gasteiger partial charge < -0.3 is 15.1 Å². The molecule has 1 aliphatic heterocycles. The Bertz CT molecular complexity index is 794. The number of piperazine rings is 1. The Morgan fingerprint density at radius 2 is 1.42 bits per heavy atom. The Kier molecular flexibility index (Phi) is 4.61. The van der Waals surface area contributed by atoms with Gasteiger partial charge >= 0.3 is 0 Å². The molecular formula is C21H23N3O2. The van der Waals surface area contributed by atoms with E-state index in [-0.39, 0.29) is 17.7 Å². The SMILES string of the molecule is O=C(c1ccccc1Nc1ccccc1)N1CCN(C(=O)C2CC2)CC1. The first kappa shape index (κ1) is 16.6. The molecule has 5 nitrogen and oxygen atoms in total. The molecule has 5 heteroatoms. The number of rotatable bonds is 4. The summed E-state index contributed by atoms with van der Waals surface area (Å²) in [4.78, 5) is 29.0. The van der Waals surface area contributed by atoms with Gasteiger partial charge in [-0.2, -0.15) is 0 Å². The molecule has 0 aromatic heterocycles. The van der Waals surface area contributed by atoms with Crippen LogP contribution in [-0.4, -0.2) is 47.8 Å². The van der Waals surface area contributed by atoms with E-state index >= 15 is 0 Å². The predicted molar refractivity (Wildman–Crippen MR) is 101 cm³/mol. The number of nitrogens with one attached hydrogen (secondary N) is 1. The molecule has 2 amide bonds. The molecule has 0 unspecified atom stereocenters. The van der Waals surface area contributed by atoms with Crippen LogP contribution in [0.2, 0.25) is 0 Å². The van der Waals surface area contributed by atoms with E-state index in [2.05, 4.69) is 5.32 Å². The molecule has 134 valence electrons. The Morgan fingerprint density at radius 3 is 2.12 bits per heavy atom. The summed E-state index contributed by atoms with van der Waals surface area (Å²) in [7, 11) is 0. The molecule has 4 rings (SSSR count). The third-order valence-corrected chi connectivity index (χ3v) is 5.02. The molecule has 1 N–H and O–H groups in total. The average molecular weight is 349 g/mol. The first-order valence-corrected chi connectivity index (χ1v) is 9.21. The number of anilines is 2. The molecule has 0 bridgehead atoms. The Hall–Kier alpha value is -2.82. The van der Waals surface area contributed by atoms with Crippen LogP contribution in [0.4, 0.5) is 11.4 Å². The van der Waals surface area contributed by atoms with Gasteiger partial charge in [0.25, 0.3) is 5.91 Å². The fourth-order valence-corrected chi connectivity index (χ4v) is 3.34. The van der Waals surface area contributed by atoms with Crippen molar-refractivity contribution in [2.24, 2.45) is 5.92 Å². The summed E-state index contributed by atoms with van der Waals surface area (Å²) in [5.74, 6) is 0.527. The Balaban J connectivity index is 1.44. The molecule has 1 saturated carbocycles. The number of nitrogens with zero attached hydrogens (tertiary/aromatic N) is 2. The molecule has 1 saturated heterocycles. The van der Waals surface area contributed by atoms with Crippen LogP contribution in [0.1, 0.15) is 23.2 Å². The van der Waals surface area contributed by atoms with Gasteiger partial charge in [-0.1, -0.05) is 30.3 Å². The van der Waals surface area contributed by atoms with Crippen molar-refractivity contribution in [2.45, 2.75) is 12.8 Å². The normalized spacial score (nSPS) is 17.1. The number of benzene rings is 2. The zero-order valence-electron chi connectivity index (χ0n) is 14.7. The van der Waals surface area contributed by atoms with E-state index in [4.69, 9.17) is 0 Å². The van der Waals surface area contributed by atoms with E-state index in [0.717, 1.165) is 24.2 Å². The van der Waals surface area contributed by atoms with E-state index in [0.29, 0.717) is 31.7 Å². The third kappa shape index (κ3) is 3.57.